The quantitative estimate of drug-likeness (QED) is 0.885. The first-order chi connectivity index (χ1) is 9.21. The number of nitrogens with one attached hydrogen (secondary N) is 1. The van der Waals surface area contributed by atoms with Crippen molar-refractivity contribution in [1.29, 1.82) is 0 Å². The molecule has 5 heteroatoms. The van der Waals surface area contributed by atoms with Crippen LogP contribution in [-0.4, -0.2) is 26.7 Å². The Labute approximate surface area is 113 Å². The summed E-state index contributed by atoms with van der Waals surface area (Å²) in [6.07, 6.45) is 8.48. The Morgan fingerprint density at radius 3 is 3.21 bits per heavy atom. The fourth-order valence-corrected chi connectivity index (χ4v) is 3.16. The van der Waals surface area contributed by atoms with Gasteiger partial charge in [-0.25, -0.2) is 9.50 Å². The molecule has 0 bridgehead atoms. The van der Waals surface area contributed by atoms with E-state index in [-0.39, 0.29) is 5.54 Å². The van der Waals surface area contributed by atoms with E-state index in [4.69, 9.17) is 5.73 Å². The largest absolute Gasteiger partial charge is 0.363 e. The molecular weight excluding hydrogens is 238 g/mol. The van der Waals surface area contributed by atoms with E-state index in [0.29, 0.717) is 6.54 Å². The van der Waals surface area contributed by atoms with Gasteiger partial charge in [-0.1, -0.05) is 19.8 Å². The average Bonchev–Trinajstić information content (AvgIpc) is 2.86. The van der Waals surface area contributed by atoms with Crippen molar-refractivity contribution >= 4 is 11.5 Å². The SMILES string of the molecule is CC1CCCC(CN)(Nc2ccn3nccc3n2)C1. The summed E-state index contributed by atoms with van der Waals surface area (Å²) in [5.74, 6) is 1.62. The van der Waals surface area contributed by atoms with E-state index in [1.807, 2.05) is 18.3 Å². The fourth-order valence-electron chi connectivity index (χ4n) is 3.16. The van der Waals surface area contributed by atoms with Crippen LogP contribution in [0.4, 0.5) is 5.82 Å². The number of anilines is 1. The van der Waals surface area contributed by atoms with Gasteiger partial charge in [-0.15, -0.1) is 0 Å². The van der Waals surface area contributed by atoms with Crippen molar-refractivity contribution in [3.63, 3.8) is 0 Å². The smallest absolute Gasteiger partial charge is 0.157 e. The Kier molecular flexibility index (Phi) is 3.14. The Morgan fingerprint density at radius 2 is 2.42 bits per heavy atom. The number of nitrogens with zero attached hydrogens (tertiary/aromatic N) is 3. The molecule has 2 aromatic heterocycles. The van der Waals surface area contributed by atoms with E-state index in [0.717, 1.165) is 30.2 Å². The molecule has 0 saturated heterocycles. The van der Waals surface area contributed by atoms with Gasteiger partial charge in [0, 0.05) is 18.8 Å². The lowest BCUT2D eigenvalue weighted by molar-refractivity contribution is 0.263. The predicted molar refractivity (Wildman–Crippen MR) is 76.0 cm³/mol. The number of nitrogens with two attached hydrogens (primary N) is 1. The minimum atomic E-state index is 0.00301. The Bertz CT molecular complexity index is 564. The summed E-state index contributed by atoms with van der Waals surface area (Å²) in [5.41, 5.74) is 6.90. The molecule has 2 aromatic rings. The van der Waals surface area contributed by atoms with Gasteiger partial charge in [-0.2, -0.15) is 5.10 Å². The number of hydrogen-bond donors (Lipinski definition) is 2. The Balaban J connectivity index is 1.85. The normalized spacial score (nSPS) is 27.6. The van der Waals surface area contributed by atoms with Crippen LogP contribution in [0.5, 0.6) is 0 Å². The second-order valence-corrected chi connectivity index (χ2v) is 5.76. The van der Waals surface area contributed by atoms with Gasteiger partial charge < -0.3 is 11.1 Å². The number of aromatic nitrogens is 3. The highest BCUT2D eigenvalue weighted by Gasteiger charge is 2.33. The lowest BCUT2D eigenvalue weighted by Crippen LogP contribution is -2.48. The topological polar surface area (TPSA) is 68.2 Å². The molecule has 2 unspecified atom stereocenters. The molecule has 1 saturated carbocycles. The van der Waals surface area contributed by atoms with E-state index in [1.54, 1.807) is 10.7 Å². The minimum Gasteiger partial charge on any atom is -0.363 e. The molecular formula is C14H21N5. The van der Waals surface area contributed by atoms with E-state index in [1.165, 1.54) is 12.8 Å². The summed E-state index contributed by atoms with van der Waals surface area (Å²) in [4.78, 5) is 4.58. The molecule has 1 aliphatic carbocycles. The molecule has 0 aliphatic heterocycles. The maximum absolute atomic E-state index is 6.03. The lowest BCUT2D eigenvalue weighted by Gasteiger charge is -2.40. The van der Waals surface area contributed by atoms with Crippen molar-refractivity contribution in [1.82, 2.24) is 14.6 Å². The van der Waals surface area contributed by atoms with Crippen LogP contribution in [0.1, 0.15) is 32.6 Å². The summed E-state index contributed by atoms with van der Waals surface area (Å²) in [7, 11) is 0. The molecule has 2 heterocycles. The van der Waals surface area contributed by atoms with E-state index in [9.17, 15) is 0 Å². The highest BCUT2D eigenvalue weighted by atomic mass is 15.2. The van der Waals surface area contributed by atoms with Crippen molar-refractivity contribution in [3.8, 4) is 0 Å². The average molecular weight is 259 g/mol. The monoisotopic (exact) mass is 259 g/mol. The molecule has 0 spiro atoms. The standard InChI is InChI=1S/C14H21N5/c1-11-3-2-6-14(9-11,10-15)18-12-5-8-19-13(17-12)4-7-16-19/h4-5,7-8,11H,2-3,6,9-10,15H2,1H3,(H,17,18). The van der Waals surface area contributed by atoms with E-state index in [2.05, 4.69) is 22.3 Å². The van der Waals surface area contributed by atoms with Gasteiger partial charge in [-0.05, 0) is 24.8 Å². The zero-order chi connectivity index (χ0) is 13.3. The van der Waals surface area contributed by atoms with Gasteiger partial charge in [0.05, 0.1) is 11.7 Å². The molecule has 0 aromatic carbocycles. The zero-order valence-electron chi connectivity index (χ0n) is 11.3. The summed E-state index contributed by atoms with van der Waals surface area (Å²) in [5, 5.41) is 7.74. The number of hydrogen-bond acceptors (Lipinski definition) is 4. The van der Waals surface area contributed by atoms with Crippen LogP contribution in [0, 0.1) is 5.92 Å². The summed E-state index contributed by atoms with van der Waals surface area (Å²) >= 11 is 0. The van der Waals surface area contributed by atoms with Gasteiger partial charge in [0.15, 0.2) is 5.65 Å². The van der Waals surface area contributed by atoms with Gasteiger partial charge in [-0.3, -0.25) is 0 Å². The second kappa shape index (κ2) is 4.81. The van der Waals surface area contributed by atoms with Crippen LogP contribution in [0.15, 0.2) is 24.5 Å². The molecule has 19 heavy (non-hydrogen) atoms. The third kappa shape index (κ3) is 2.42. The van der Waals surface area contributed by atoms with Gasteiger partial charge in [0.2, 0.25) is 0 Å². The van der Waals surface area contributed by atoms with Crippen molar-refractivity contribution < 1.29 is 0 Å². The van der Waals surface area contributed by atoms with Crippen LogP contribution < -0.4 is 11.1 Å². The molecule has 1 fully saturated rings. The van der Waals surface area contributed by atoms with E-state index < -0.39 is 0 Å². The molecule has 3 rings (SSSR count). The van der Waals surface area contributed by atoms with Crippen molar-refractivity contribution in [3.05, 3.63) is 24.5 Å². The van der Waals surface area contributed by atoms with Crippen molar-refractivity contribution in [2.24, 2.45) is 11.7 Å². The van der Waals surface area contributed by atoms with Crippen LogP contribution in [0.2, 0.25) is 0 Å². The molecule has 1 aliphatic rings. The summed E-state index contributed by atoms with van der Waals surface area (Å²) in [6.45, 7) is 2.96. The first-order valence-corrected chi connectivity index (χ1v) is 6.99. The number of fused-ring (bicyclic) bond motifs is 1. The molecule has 0 amide bonds. The third-order valence-electron chi connectivity index (χ3n) is 4.13. The zero-order valence-corrected chi connectivity index (χ0v) is 11.3. The minimum absolute atomic E-state index is 0.00301. The first kappa shape index (κ1) is 12.4. The second-order valence-electron chi connectivity index (χ2n) is 5.76. The van der Waals surface area contributed by atoms with Gasteiger partial charge in [0.25, 0.3) is 0 Å². The van der Waals surface area contributed by atoms with Crippen molar-refractivity contribution in [2.75, 3.05) is 11.9 Å². The maximum atomic E-state index is 6.03. The fraction of sp³-hybridized carbons (Fsp3) is 0.571. The third-order valence-corrected chi connectivity index (χ3v) is 4.13. The maximum Gasteiger partial charge on any atom is 0.157 e. The van der Waals surface area contributed by atoms with Crippen LogP contribution in [0.3, 0.4) is 0 Å². The number of rotatable bonds is 3. The Hall–Kier alpha value is -1.62. The van der Waals surface area contributed by atoms with Crippen molar-refractivity contribution in [2.45, 2.75) is 38.1 Å². The highest BCUT2D eigenvalue weighted by molar-refractivity contribution is 5.47. The van der Waals surface area contributed by atoms with Gasteiger partial charge >= 0.3 is 0 Å². The molecule has 5 nitrogen and oxygen atoms in total. The Morgan fingerprint density at radius 1 is 1.53 bits per heavy atom. The van der Waals surface area contributed by atoms with Gasteiger partial charge in [0.1, 0.15) is 5.82 Å². The molecule has 102 valence electrons. The van der Waals surface area contributed by atoms with Crippen LogP contribution >= 0.6 is 0 Å². The highest BCUT2D eigenvalue weighted by Crippen LogP contribution is 2.34. The van der Waals surface area contributed by atoms with E-state index >= 15 is 0 Å². The molecule has 2 atom stereocenters. The first-order valence-electron chi connectivity index (χ1n) is 6.99. The predicted octanol–water partition coefficient (Wildman–Crippen LogP) is 2.05. The lowest BCUT2D eigenvalue weighted by atomic mass is 9.76. The summed E-state index contributed by atoms with van der Waals surface area (Å²) in [6, 6.07) is 3.88. The van der Waals surface area contributed by atoms with Crippen LogP contribution in [-0.2, 0) is 0 Å². The molecule has 3 N–H and O–H groups in total. The summed E-state index contributed by atoms with van der Waals surface area (Å²) < 4.78 is 1.77. The molecule has 0 radical (unpaired) electrons. The van der Waals surface area contributed by atoms with Crippen LogP contribution in [0.25, 0.3) is 5.65 Å².